The third-order valence-electron chi connectivity index (χ3n) is 3.99. The quantitative estimate of drug-likeness (QED) is 0.289. The molecule has 0 spiro atoms. The SMILES string of the molecule is C[C@@H](CNCc1cccc(-c2nn(C)cc2C(=O)NN)c1)C(=O)OC(C)(C)C. The number of hydrogen-bond acceptors (Lipinski definition) is 6. The van der Waals surface area contributed by atoms with Crippen LogP contribution >= 0.6 is 0 Å². The highest BCUT2D eigenvalue weighted by molar-refractivity contribution is 5.99. The number of nitrogens with zero attached hydrogens (tertiary/aromatic N) is 2. The van der Waals surface area contributed by atoms with Crippen LogP contribution in [-0.2, 0) is 23.1 Å². The standard InChI is InChI=1S/C20H29N5O3/c1-13(19(27)28-20(2,3)4)10-22-11-14-7-6-8-15(9-14)17-16(18(26)23-21)12-25(5)24-17/h6-9,12-13,22H,10-11,21H2,1-5H3,(H,23,26)/t13-/m0/s1. The molecule has 0 unspecified atom stereocenters. The number of hydrogen-bond donors (Lipinski definition) is 3. The second kappa shape index (κ2) is 8.99. The van der Waals surface area contributed by atoms with E-state index in [0.29, 0.717) is 24.3 Å². The van der Waals surface area contributed by atoms with Crippen LogP contribution in [0.3, 0.4) is 0 Å². The van der Waals surface area contributed by atoms with E-state index in [-0.39, 0.29) is 11.9 Å². The maximum atomic E-state index is 12.1. The molecule has 1 amide bonds. The number of aromatic nitrogens is 2. The summed E-state index contributed by atoms with van der Waals surface area (Å²) in [6.45, 7) is 8.48. The number of nitrogens with two attached hydrogens (primary N) is 1. The summed E-state index contributed by atoms with van der Waals surface area (Å²) in [6, 6.07) is 7.73. The second-order valence-electron chi connectivity index (χ2n) is 7.80. The van der Waals surface area contributed by atoms with E-state index in [0.717, 1.165) is 11.1 Å². The molecular weight excluding hydrogens is 358 g/mol. The number of nitrogen functional groups attached to an aromatic ring is 1. The minimum atomic E-state index is -0.490. The summed E-state index contributed by atoms with van der Waals surface area (Å²) in [6.07, 6.45) is 1.63. The van der Waals surface area contributed by atoms with Crippen molar-refractivity contribution in [3.05, 3.63) is 41.6 Å². The van der Waals surface area contributed by atoms with Gasteiger partial charge in [0.25, 0.3) is 5.91 Å². The summed E-state index contributed by atoms with van der Waals surface area (Å²) in [7, 11) is 1.75. The molecule has 1 aromatic carbocycles. The Morgan fingerprint density at radius 2 is 2.04 bits per heavy atom. The Hall–Kier alpha value is -2.71. The molecule has 1 aromatic heterocycles. The molecule has 0 saturated heterocycles. The maximum absolute atomic E-state index is 12.1. The smallest absolute Gasteiger partial charge is 0.310 e. The molecule has 152 valence electrons. The van der Waals surface area contributed by atoms with Crippen molar-refractivity contribution in [3.63, 3.8) is 0 Å². The molecule has 0 fully saturated rings. The van der Waals surface area contributed by atoms with E-state index in [9.17, 15) is 9.59 Å². The molecule has 0 aliphatic carbocycles. The van der Waals surface area contributed by atoms with Gasteiger partial charge in [0.2, 0.25) is 0 Å². The van der Waals surface area contributed by atoms with E-state index in [1.165, 1.54) is 0 Å². The van der Waals surface area contributed by atoms with Crippen molar-refractivity contribution in [2.24, 2.45) is 18.8 Å². The van der Waals surface area contributed by atoms with E-state index in [1.807, 2.05) is 52.0 Å². The fraction of sp³-hybridized carbons (Fsp3) is 0.450. The summed E-state index contributed by atoms with van der Waals surface area (Å²) >= 11 is 0. The first-order valence-corrected chi connectivity index (χ1v) is 9.18. The third-order valence-corrected chi connectivity index (χ3v) is 3.99. The van der Waals surface area contributed by atoms with Crippen LogP contribution in [0.2, 0.25) is 0 Å². The lowest BCUT2D eigenvalue weighted by atomic mass is 10.0. The van der Waals surface area contributed by atoms with E-state index in [2.05, 4.69) is 15.8 Å². The average Bonchev–Trinajstić information content (AvgIpc) is 3.01. The Labute approximate surface area is 165 Å². The largest absolute Gasteiger partial charge is 0.460 e. The number of aryl methyl sites for hydroxylation is 1. The van der Waals surface area contributed by atoms with Gasteiger partial charge in [-0.25, -0.2) is 5.84 Å². The Balaban J connectivity index is 2.03. The van der Waals surface area contributed by atoms with Crippen LogP contribution in [0.5, 0.6) is 0 Å². The molecule has 1 heterocycles. The van der Waals surface area contributed by atoms with Crippen molar-refractivity contribution in [3.8, 4) is 11.3 Å². The van der Waals surface area contributed by atoms with Crippen LogP contribution < -0.4 is 16.6 Å². The van der Waals surface area contributed by atoms with E-state index < -0.39 is 11.5 Å². The van der Waals surface area contributed by atoms with Gasteiger partial charge in [0.15, 0.2) is 0 Å². The molecule has 0 aliphatic heterocycles. The number of nitrogens with one attached hydrogen (secondary N) is 2. The highest BCUT2D eigenvalue weighted by Crippen LogP contribution is 2.23. The van der Waals surface area contributed by atoms with Crippen LogP contribution in [0.15, 0.2) is 30.5 Å². The van der Waals surface area contributed by atoms with Crippen molar-refractivity contribution >= 4 is 11.9 Å². The Bertz CT molecular complexity index is 839. The number of ether oxygens (including phenoxy) is 1. The van der Waals surface area contributed by atoms with E-state index >= 15 is 0 Å². The van der Waals surface area contributed by atoms with Gasteiger partial charge in [0.1, 0.15) is 11.3 Å². The fourth-order valence-electron chi connectivity index (χ4n) is 2.69. The lowest BCUT2D eigenvalue weighted by Crippen LogP contribution is -2.32. The molecule has 0 radical (unpaired) electrons. The number of rotatable bonds is 7. The summed E-state index contributed by atoms with van der Waals surface area (Å²) in [4.78, 5) is 24.0. The van der Waals surface area contributed by atoms with Crippen molar-refractivity contribution in [2.75, 3.05) is 6.54 Å². The second-order valence-corrected chi connectivity index (χ2v) is 7.80. The predicted molar refractivity (Wildman–Crippen MR) is 107 cm³/mol. The average molecular weight is 387 g/mol. The topological polar surface area (TPSA) is 111 Å². The van der Waals surface area contributed by atoms with Gasteiger partial charge in [0.05, 0.1) is 11.5 Å². The van der Waals surface area contributed by atoms with Crippen molar-refractivity contribution in [1.82, 2.24) is 20.5 Å². The Morgan fingerprint density at radius 1 is 1.32 bits per heavy atom. The molecule has 28 heavy (non-hydrogen) atoms. The van der Waals surface area contributed by atoms with Gasteiger partial charge in [-0.15, -0.1) is 0 Å². The van der Waals surface area contributed by atoms with Crippen LogP contribution in [-0.4, -0.2) is 33.8 Å². The van der Waals surface area contributed by atoms with Gasteiger partial charge in [0, 0.05) is 31.9 Å². The number of carbonyl (C=O) groups is 2. The molecule has 2 aromatic rings. The number of amides is 1. The Morgan fingerprint density at radius 3 is 2.68 bits per heavy atom. The highest BCUT2D eigenvalue weighted by Gasteiger charge is 2.21. The van der Waals surface area contributed by atoms with Gasteiger partial charge in [-0.05, 0) is 32.4 Å². The van der Waals surface area contributed by atoms with Crippen LogP contribution in [0, 0.1) is 5.92 Å². The van der Waals surface area contributed by atoms with Gasteiger partial charge >= 0.3 is 5.97 Å². The monoisotopic (exact) mass is 387 g/mol. The molecule has 1 atom stereocenters. The zero-order valence-electron chi connectivity index (χ0n) is 17.1. The summed E-state index contributed by atoms with van der Waals surface area (Å²) < 4.78 is 6.97. The lowest BCUT2D eigenvalue weighted by molar-refractivity contribution is -0.159. The van der Waals surface area contributed by atoms with Crippen molar-refractivity contribution < 1.29 is 14.3 Å². The minimum absolute atomic E-state index is 0.223. The van der Waals surface area contributed by atoms with Gasteiger partial charge in [-0.1, -0.05) is 25.1 Å². The van der Waals surface area contributed by atoms with Crippen LogP contribution in [0.4, 0.5) is 0 Å². The molecular formula is C20H29N5O3. The number of esters is 1. The Kier molecular flexibility index (Phi) is 6.93. The molecule has 4 N–H and O–H groups in total. The van der Waals surface area contributed by atoms with Gasteiger partial charge < -0.3 is 10.1 Å². The zero-order chi connectivity index (χ0) is 20.9. The first-order chi connectivity index (χ1) is 13.1. The lowest BCUT2D eigenvalue weighted by Gasteiger charge is -2.22. The normalized spacial score (nSPS) is 12.5. The van der Waals surface area contributed by atoms with Gasteiger partial charge in [-0.3, -0.25) is 19.7 Å². The zero-order valence-corrected chi connectivity index (χ0v) is 17.1. The van der Waals surface area contributed by atoms with E-state index in [1.54, 1.807) is 17.9 Å². The van der Waals surface area contributed by atoms with Gasteiger partial charge in [-0.2, -0.15) is 5.10 Å². The van der Waals surface area contributed by atoms with Crippen LogP contribution in [0.25, 0.3) is 11.3 Å². The van der Waals surface area contributed by atoms with E-state index in [4.69, 9.17) is 10.6 Å². The van der Waals surface area contributed by atoms with Crippen molar-refractivity contribution in [1.29, 1.82) is 0 Å². The summed E-state index contributed by atoms with van der Waals surface area (Å²) in [5.41, 5.74) is 4.46. The molecule has 0 aliphatic rings. The maximum Gasteiger partial charge on any atom is 0.310 e. The van der Waals surface area contributed by atoms with Crippen molar-refractivity contribution in [2.45, 2.75) is 39.8 Å². The molecule has 8 heteroatoms. The molecule has 0 saturated carbocycles. The number of carbonyl (C=O) groups excluding carboxylic acids is 2. The molecule has 8 nitrogen and oxygen atoms in total. The first kappa shape index (κ1) is 21.6. The molecule has 2 rings (SSSR count). The predicted octanol–water partition coefficient (Wildman–Crippen LogP) is 1.76. The fourth-order valence-corrected chi connectivity index (χ4v) is 2.69. The number of hydrazine groups is 1. The van der Waals surface area contributed by atoms with Crippen LogP contribution in [0.1, 0.15) is 43.6 Å². The summed E-state index contributed by atoms with van der Waals surface area (Å²) in [5.74, 6) is 4.40. The molecule has 0 bridgehead atoms. The minimum Gasteiger partial charge on any atom is -0.460 e. The highest BCUT2D eigenvalue weighted by atomic mass is 16.6. The third kappa shape index (κ3) is 5.90. The number of benzene rings is 1. The first-order valence-electron chi connectivity index (χ1n) is 9.18. The summed E-state index contributed by atoms with van der Waals surface area (Å²) in [5, 5.41) is 7.65.